The number of esters is 1. The van der Waals surface area contributed by atoms with Gasteiger partial charge in [0.15, 0.2) is 0 Å². The average molecular weight is 615 g/mol. The number of hydrogen-bond donors (Lipinski definition) is 1. The van der Waals surface area contributed by atoms with E-state index in [1.807, 2.05) is 6.92 Å². The van der Waals surface area contributed by atoms with Crippen molar-refractivity contribution in [1.29, 1.82) is 0 Å². The molecule has 4 heteroatoms. The molecule has 0 aliphatic heterocycles. The molecule has 0 aromatic heterocycles. The molecule has 1 aliphatic carbocycles. The van der Waals surface area contributed by atoms with Crippen LogP contribution >= 0.6 is 0 Å². The van der Waals surface area contributed by atoms with Crippen LogP contribution < -0.4 is 5.32 Å². The molecule has 0 heterocycles. The van der Waals surface area contributed by atoms with E-state index >= 15 is 0 Å². The molecule has 0 saturated heterocycles. The van der Waals surface area contributed by atoms with Gasteiger partial charge < -0.3 is 10.1 Å². The first-order valence-corrected chi connectivity index (χ1v) is 16.9. The summed E-state index contributed by atoms with van der Waals surface area (Å²) < 4.78 is 5.51. The van der Waals surface area contributed by atoms with Gasteiger partial charge in [-0.3, -0.25) is 0 Å². The number of carbonyl (C=O) groups excluding carboxylic acids is 1. The van der Waals surface area contributed by atoms with E-state index in [0.29, 0.717) is 6.61 Å². The van der Waals surface area contributed by atoms with Crippen LogP contribution in [0.1, 0.15) is 126 Å². The summed E-state index contributed by atoms with van der Waals surface area (Å²) in [7, 11) is 0. The number of anilines is 1. The van der Waals surface area contributed by atoms with E-state index in [2.05, 4.69) is 140 Å². The Hall–Kier alpha value is -4.18. The van der Waals surface area contributed by atoms with E-state index in [4.69, 9.17) is 9.73 Å². The van der Waals surface area contributed by atoms with E-state index in [0.717, 1.165) is 44.6 Å². The van der Waals surface area contributed by atoms with Crippen molar-refractivity contribution in [3.05, 3.63) is 118 Å². The van der Waals surface area contributed by atoms with Crippen molar-refractivity contribution in [3.63, 3.8) is 0 Å². The van der Waals surface area contributed by atoms with Crippen LogP contribution in [-0.2, 0) is 15.1 Å². The van der Waals surface area contributed by atoms with Crippen molar-refractivity contribution < 1.29 is 9.53 Å². The molecule has 0 spiro atoms. The van der Waals surface area contributed by atoms with Crippen molar-refractivity contribution in [2.45, 2.75) is 98.4 Å². The fourth-order valence-corrected chi connectivity index (χ4v) is 7.05. The minimum atomic E-state index is -0.942. The monoisotopic (exact) mass is 614 g/mol. The highest BCUT2D eigenvalue weighted by Gasteiger charge is 2.48. The van der Waals surface area contributed by atoms with Gasteiger partial charge in [-0.15, -0.1) is 0 Å². The van der Waals surface area contributed by atoms with Crippen LogP contribution in [0.2, 0.25) is 0 Å². The highest BCUT2D eigenvalue weighted by molar-refractivity contribution is 6.26. The highest BCUT2D eigenvalue weighted by Crippen LogP contribution is 2.51. The summed E-state index contributed by atoms with van der Waals surface area (Å²) in [5.41, 5.74) is 10.0. The molecular weight excluding hydrogens is 564 g/mol. The van der Waals surface area contributed by atoms with Crippen molar-refractivity contribution in [3.8, 4) is 0 Å². The summed E-state index contributed by atoms with van der Waals surface area (Å²) in [4.78, 5) is 19.0. The number of rotatable bonds is 10. The molecule has 1 aliphatic rings. The van der Waals surface area contributed by atoms with Gasteiger partial charge in [-0.25, -0.2) is 9.79 Å². The molecule has 0 radical (unpaired) electrons. The SMILES string of the molecule is CCOC(=O)C=C(C)[C@]1(Nc2c(C(C)C)cccc2C(C)C)C(=Nc2c(C(C)C)cccc2C(C)C)c2cccc3cccc1c23. The second kappa shape index (κ2) is 13.3. The fraction of sp³-hybridized carbons (Fsp3) is 0.381. The third-order valence-corrected chi connectivity index (χ3v) is 9.38. The number of benzene rings is 4. The minimum Gasteiger partial charge on any atom is -0.463 e. The molecule has 4 nitrogen and oxygen atoms in total. The predicted octanol–water partition coefficient (Wildman–Crippen LogP) is 11.3. The topological polar surface area (TPSA) is 50.7 Å². The third-order valence-electron chi connectivity index (χ3n) is 9.38. The third kappa shape index (κ3) is 5.79. The molecule has 0 unspecified atom stereocenters. The fourth-order valence-electron chi connectivity index (χ4n) is 7.05. The van der Waals surface area contributed by atoms with Crippen molar-refractivity contribution in [1.82, 2.24) is 0 Å². The number of aliphatic imine (C=N–C) groups is 1. The standard InChI is InChI=1S/C42H50N2O2/c1-11-46-37(45)24-29(10)42(44-40-33(27(6)7)20-15-21-34(40)28(8)9)36-23-13-17-30-16-12-22-35(38(30)36)41(42)43-39-31(25(2)3)18-14-19-32(39)26(4)5/h12-28,44H,11H2,1-10H3/t42-/m1/s1. The lowest BCUT2D eigenvalue weighted by molar-refractivity contribution is -0.137. The largest absolute Gasteiger partial charge is 0.463 e. The number of para-hydroxylation sites is 2. The zero-order chi connectivity index (χ0) is 33.3. The van der Waals surface area contributed by atoms with Gasteiger partial charge in [-0.05, 0) is 81.7 Å². The molecule has 4 aromatic carbocycles. The first kappa shape index (κ1) is 33.2. The van der Waals surface area contributed by atoms with Gasteiger partial charge in [0, 0.05) is 17.3 Å². The molecule has 1 atom stereocenters. The smallest absolute Gasteiger partial charge is 0.330 e. The molecule has 0 bridgehead atoms. The maximum atomic E-state index is 13.3. The first-order chi connectivity index (χ1) is 21.9. The second-order valence-electron chi connectivity index (χ2n) is 13.8. The summed E-state index contributed by atoms with van der Waals surface area (Å²) in [6.45, 7) is 22.1. The molecule has 5 rings (SSSR count). The second-order valence-corrected chi connectivity index (χ2v) is 13.8. The first-order valence-electron chi connectivity index (χ1n) is 16.9. The number of nitrogens with zero attached hydrogens (tertiary/aromatic N) is 1. The van der Waals surface area contributed by atoms with Crippen molar-refractivity contribution in [2.75, 3.05) is 11.9 Å². The Bertz CT molecular complexity index is 1770. The van der Waals surface area contributed by atoms with Gasteiger partial charge in [0.1, 0.15) is 5.54 Å². The molecule has 46 heavy (non-hydrogen) atoms. The summed E-state index contributed by atoms with van der Waals surface area (Å²) in [5.74, 6) is 0.773. The quantitative estimate of drug-likeness (QED) is 0.143. The van der Waals surface area contributed by atoms with Crippen molar-refractivity contribution in [2.24, 2.45) is 4.99 Å². The average Bonchev–Trinajstić information content (AvgIpc) is 3.27. The number of nitrogens with one attached hydrogen (secondary N) is 1. The molecule has 0 amide bonds. The summed E-state index contributed by atoms with van der Waals surface area (Å²) >= 11 is 0. The lowest BCUT2D eigenvalue weighted by atomic mass is 9.79. The zero-order valence-corrected chi connectivity index (χ0v) is 29.3. The van der Waals surface area contributed by atoms with Gasteiger partial charge in [0.25, 0.3) is 0 Å². The molecular formula is C42H50N2O2. The van der Waals surface area contributed by atoms with Gasteiger partial charge in [-0.2, -0.15) is 0 Å². The van der Waals surface area contributed by atoms with Crippen molar-refractivity contribution >= 4 is 33.8 Å². The highest BCUT2D eigenvalue weighted by atomic mass is 16.5. The molecule has 0 fully saturated rings. The Morgan fingerprint density at radius 3 is 1.78 bits per heavy atom. The van der Waals surface area contributed by atoms with Gasteiger partial charge in [0.2, 0.25) is 0 Å². The number of hydrogen-bond acceptors (Lipinski definition) is 4. The molecule has 4 aromatic rings. The Balaban J connectivity index is 1.98. The Morgan fingerprint density at radius 1 is 0.761 bits per heavy atom. The van der Waals surface area contributed by atoms with Crippen LogP contribution in [-0.4, -0.2) is 18.3 Å². The van der Waals surface area contributed by atoms with Gasteiger partial charge in [-0.1, -0.05) is 128 Å². The van der Waals surface area contributed by atoms with Crippen LogP contribution in [0, 0.1) is 0 Å². The molecule has 1 N–H and O–H groups in total. The van der Waals surface area contributed by atoms with Gasteiger partial charge >= 0.3 is 5.97 Å². The maximum Gasteiger partial charge on any atom is 0.330 e. The van der Waals surface area contributed by atoms with Crippen LogP contribution in [0.5, 0.6) is 0 Å². The number of ether oxygens (including phenoxy) is 1. The lowest BCUT2D eigenvalue weighted by Gasteiger charge is -2.38. The predicted molar refractivity (Wildman–Crippen MR) is 195 cm³/mol. The zero-order valence-electron chi connectivity index (χ0n) is 29.3. The van der Waals surface area contributed by atoms with E-state index in [1.54, 1.807) is 6.08 Å². The van der Waals surface area contributed by atoms with E-state index in [-0.39, 0.29) is 29.6 Å². The normalized spacial score (nSPS) is 17.3. The molecule has 0 saturated carbocycles. The van der Waals surface area contributed by atoms with Crippen LogP contribution in [0.25, 0.3) is 10.8 Å². The maximum absolute atomic E-state index is 13.3. The Labute approximate surface area is 276 Å². The Morgan fingerprint density at radius 2 is 1.26 bits per heavy atom. The summed E-state index contributed by atoms with van der Waals surface area (Å²) in [5, 5.41) is 6.48. The number of carbonyl (C=O) groups is 1. The minimum absolute atomic E-state index is 0.279. The summed E-state index contributed by atoms with van der Waals surface area (Å²) in [6.07, 6.45) is 1.67. The lowest BCUT2D eigenvalue weighted by Crippen LogP contribution is -2.43. The van der Waals surface area contributed by atoms with E-state index < -0.39 is 5.54 Å². The Kier molecular flexibility index (Phi) is 9.58. The van der Waals surface area contributed by atoms with Crippen LogP contribution in [0.15, 0.2) is 89.4 Å². The van der Waals surface area contributed by atoms with E-state index in [9.17, 15) is 4.79 Å². The molecule has 240 valence electrons. The van der Waals surface area contributed by atoms with Crippen LogP contribution in [0.3, 0.4) is 0 Å². The van der Waals surface area contributed by atoms with Gasteiger partial charge in [0.05, 0.1) is 18.0 Å². The van der Waals surface area contributed by atoms with Crippen LogP contribution in [0.4, 0.5) is 11.4 Å². The summed E-state index contributed by atoms with van der Waals surface area (Å²) in [6, 6.07) is 26.2. The van der Waals surface area contributed by atoms with E-state index in [1.165, 1.54) is 22.3 Å².